The lowest BCUT2D eigenvalue weighted by molar-refractivity contribution is -0.295. The number of carbonyl (C=O) groups excluding carboxylic acids is 4. The summed E-state index contributed by atoms with van der Waals surface area (Å²) in [6.45, 7) is 15.1. The molecular weight excluding hydrogens is 762 g/mol. The van der Waals surface area contributed by atoms with Crippen molar-refractivity contribution in [2.24, 2.45) is 23.7 Å². The normalized spacial score (nSPS) is 38.2. The summed E-state index contributed by atoms with van der Waals surface area (Å²) in [4.78, 5) is 71.7. The molecule has 4 aliphatic heterocycles. The first kappa shape index (κ1) is 44.7. The summed E-state index contributed by atoms with van der Waals surface area (Å²) in [5.41, 5.74) is -0.892. The fourth-order valence-corrected chi connectivity index (χ4v) is 10.1. The molecule has 0 unspecified atom stereocenters. The summed E-state index contributed by atoms with van der Waals surface area (Å²) < 4.78 is 31.3. The van der Waals surface area contributed by atoms with Gasteiger partial charge in [0.05, 0.1) is 47.1 Å². The number of Topliss-reactive ketones (excluding diaryl/α,β-unsaturated/α-hetero) is 2. The second kappa shape index (κ2) is 17.3. The molecule has 16 nitrogen and oxygen atoms in total. The van der Waals surface area contributed by atoms with E-state index in [9.17, 15) is 29.4 Å². The van der Waals surface area contributed by atoms with Crippen LogP contribution in [0.3, 0.4) is 0 Å². The van der Waals surface area contributed by atoms with Gasteiger partial charge in [0.1, 0.15) is 29.7 Å². The Balaban J connectivity index is 1.33. The number of aliphatic hydroxyl groups is 1. The number of fused-ring (bicyclic) bond motifs is 2. The largest absolute Gasteiger partial charge is 0.506 e. The maximum Gasteiger partial charge on any atom is 0.411 e. The zero-order valence-electron chi connectivity index (χ0n) is 36.3. The molecule has 0 radical (unpaired) electrons. The molecule has 2 aromatic rings. The summed E-state index contributed by atoms with van der Waals surface area (Å²) in [5, 5.41) is 22.2. The van der Waals surface area contributed by atoms with E-state index in [1.807, 2.05) is 32.0 Å². The Labute approximate surface area is 346 Å². The Hall–Kier alpha value is -3.80. The average molecular weight is 826 g/mol. The first-order valence-electron chi connectivity index (χ1n) is 20.9. The molecule has 0 saturated carbocycles. The predicted octanol–water partition coefficient (Wildman–Crippen LogP) is 3.72. The molecule has 1 amide bonds. The lowest BCUT2D eigenvalue weighted by atomic mass is 9.73. The summed E-state index contributed by atoms with van der Waals surface area (Å²) in [5.74, 6) is -5.12. The minimum atomic E-state index is -1.46. The summed E-state index contributed by atoms with van der Waals surface area (Å²) >= 11 is 0. The van der Waals surface area contributed by atoms with Gasteiger partial charge in [0.25, 0.3) is 0 Å². The maximum absolute atomic E-state index is 14.8. The molecule has 0 aliphatic carbocycles. The molecule has 4 fully saturated rings. The van der Waals surface area contributed by atoms with Gasteiger partial charge in [-0.3, -0.25) is 34.2 Å². The van der Waals surface area contributed by atoms with Crippen molar-refractivity contribution in [3.8, 4) is 5.75 Å². The van der Waals surface area contributed by atoms with Crippen LogP contribution in [0.5, 0.6) is 5.75 Å². The van der Waals surface area contributed by atoms with Gasteiger partial charge in [-0.1, -0.05) is 27.7 Å². The van der Waals surface area contributed by atoms with Crippen molar-refractivity contribution in [1.29, 1.82) is 0 Å². The van der Waals surface area contributed by atoms with Gasteiger partial charge in [0.15, 0.2) is 17.7 Å². The Morgan fingerprint density at radius 3 is 2.36 bits per heavy atom. The second-order valence-corrected chi connectivity index (χ2v) is 17.9. The lowest BCUT2D eigenvalue weighted by Gasteiger charge is -2.48. The molecular formula is C43H63N5O11. The highest BCUT2D eigenvalue weighted by atomic mass is 16.7. The van der Waals surface area contributed by atoms with Gasteiger partial charge in [-0.05, 0) is 73.2 Å². The van der Waals surface area contributed by atoms with Crippen molar-refractivity contribution in [1.82, 2.24) is 24.7 Å². The molecule has 0 bridgehead atoms. The number of hydrogen-bond donors (Lipinski definition) is 2. The number of esters is 1. The molecule has 2 aromatic heterocycles. The summed E-state index contributed by atoms with van der Waals surface area (Å²) in [7, 11) is 5.22. The third kappa shape index (κ3) is 8.32. The Bertz CT molecular complexity index is 1890. The Kier molecular flexibility index (Phi) is 13.1. The highest BCUT2D eigenvalue weighted by Crippen LogP contribution is 2.45. The van der Waals surface area contributed by atoms with Crippen LogP contribution >= 0.6 is 0 Å². The number of ether oxygens (including phenoxy) is 5. The SMILES string of the molecule is CC[C@H]1OC(=O)[C@H](C)C(=O)[C@H](C)[C@@H](O[C@@H]2O[C@H](C)C[C@H](N(C)C)[C@H]2O)[C@](C)(OC)C[C@@H](C)C(=O)[C@H](C)[C@@H]2N(C3CN(Cc4c(O)cnc5cccnc45)C3)C(=O)O[C@@]21C. The summed E-state index contributed by atoms with van der Waals surface area (Å²) in [6, 6.07) is 2.09. The number of likely N-dealkylation sites (tertiary alicyclic amines) is 1. The number of hydrogen-bond acceptors (Lipinski definition) is 15. The third-order valence-corrected chi connectivity index (χ3v) is 13.5. The Morgan fingerprint density at radius 2 is 1.71 bits per heavy atom. The molecule has 6 heterocycles. The summed E-state index contributed by atoms with van der Waals surface area (Å²) in [6.07, 6.45) is -1.21. The lowest BCUT2D eigenvalue weighted by Crippen LogP contribution is -2.65. The smallest absolute Gasteiger partial charge is 0.411 e. The van der Waals surface area contributed by atoms with Crippen LogP contribution in [0.15, 0.2) is 24.5 Å². The van der Waals surface area contributed by atoms with E-state index < -0.39 is 83.4 Å². The van der Waals surface area contributed by atoms with Gasteiger partial charge >= 0.3 is 12.1 Å². The van der Waals surface area contributed by atoms with Crippen LogP contribution in [0.4, 0.5) is 4.79 Å². The highest BCUT2D eigenvalue weighted by molar-refractivity contribution is 6.00. The standard InChI is InChI=1S/C43H63N5O11/c1-12-32-43(8)37(48(41(54)59-43)27-19-47(20-27)21-28-31(49)18-45-29-14-13-15-44-33(28)29)24(4)34(50)22(2)17-42(7,55-11)38(25(5)35(51)26(6)39(53)57-32)58-40-36(52)30(46(9)10)16-23(3)56-40/h13-15,18,22-27,30,32,36-38,40,49,52H,12,16-17,19-21H2,1-11H3/t22-,23-,24+,25+,26-,30+,32-,36-,37+,38-,40+,42-,43-/m1/s1. The number of cyclic esters (lactones) is 1. The van der Waals surface area contributed by atoms with Crippen molar-refractivity contribution in [3.63, 3.8) is 0 Å². The second-order valence-electron chi connectivity index (χ2n) is 17.9. The first-order chi connectivity index (χ1) is 27.8. The molecule has 4 aliphatic rings. The van der Waals surface area contributed by atoms with E-state index in [1.165, 1.54) is 20.2 Å². The number of aromatic hydroxyl groups is 1. The maximum atomic E-state index is 14.8. The van der Waals surface area contributed by atoms with Crippen LogP contribution in [0.25, 0.3) is 11.0 Å². The number of aliphatic hydroxyl groups excluding tert-OH is 1. The van der Waals surface area contributed by atoms with E-state index >= 15 is 0 Å². The molecule has 0 aromatic carbocycles. The van der Waals surface area contributed by atoms with E-state index in [-0.39, 0.29) is 42.6 Å². The molecule has 16 heteroatoms. The van der Waals surface area contributed by atoms with E-state index in [0.717, 1.165) is 0 Å². The fourth-order valence-electron chi connectivity index (χ4n) is 10.1. The van der Waals surface area contributed by atoms with Crippen LogP contribution in [-0.4, -0.2) is 153 Å². The van der Waals surface area contributed by atoms with Crippen LogP contribution < -0.4 is 0 Å². The molecule has 326 valence electrons. The quantitative estimate of drug-likeness (QED) is 0.289. The van der Waals surface area contributed by atoms with Crippen LogP contribution in [0.2, 0.25) is 0 Å². The number of rotatable bonds is 8. The average Bonchev–Trinajstić information content (AvgIpc) is 3.45. The topological polar surface area (TPSA) is 190 Å². The number of nitrogens with zero attached hydrogens (tertiary/aromatic N) is 5. The van der Waals surface area contributed by atoms with Crippen molar-refractivity contribution in [3.05, 3.63) is 30.1 Å². The zero-order valence-corrected chi connectivity index (χ0v) is 36.3. The van der Waals surface area contributed by atoms with Gasteiger partial charge in [0, 0.05) is 62.3 Å². The number of likely N-dealkylation sites (N-methyl/N-ethyl adjacent to an activating group) is 1. The minimum absolute atomic E-state index is 0.0206. The number of pyridine rings is 2. The van der Waals surface area contributed by atoms with E-state index in [1.54, 1.807) is 58.7 Å². The molecule has 6 rings (SSSR count). The van der Waals surface area contributed by atoms with E-state index in [2.05, 4.69) is 14.9 Å². The number of aromatic nitrogens is 2. The van der Waals surface area contributed by atoms with Gasteiger partial charge in [0.2, 0.25) is 0 Å². The third-order valence-electron chi connectivity index (χ3n) is 13.5. The molecule has 2 N–H and O–H groups in total. The monoisotopic (exact) mass is 825 g/mol. The molecule has 0 spiro atoms. The van der Waals surface area contributed by atoms with Crippen LogP contribution in [-0.2, 0) is 44.6 Å². The van der Waals surface area contributed by atoms with Crippen molar-refractivity contribution in [2.45, 2.75) is 141 Å². The predicted molar refractivity (Wildman–Crippen MR) is 215 cm³/mol. The minimum Gasteiger partial charge on any atom is -0.506 e. The van der Waals surface area contributed by atoms with Crippen LogP contribution in [0.1, 0.15) is 80.2 Å². The number of amides is 1. The van der Waals surface area contributed by atoms with Crippen molar-refractivity contribution < 1.29 is 53.1 Å². The Morgan fingerprint density at radius 1 is 1.02 bits per heavy atom. The first-order valence-corrected chi connectivity index (χ1v) is 20.9. The molecule has 59 heavy (non-hydrogen) atoms. The van der Waals surface area contributed by atoms with Gasteiger partial charge in [-0.15, -0.1) is 0 Å². The number of ketones is 2. The fraction of sp³-hybridized carbons (Fsp3) is 0.721. The van der Waals surface area contributed by atoms with E-state index in [4.69, 9.17) is 23.7 Å². The molecule has 13 atom stereocenters. The zero-order chi connectivity index (χ0) is 43.3. The number of carbonyl (C=O) groups is 4. The number of methoxy groups -OCH3 is 1. The highest BCUT2D eigenvalue weighted by Gasteiger charge is 2.62. The van der Waals surface area contributed by atoms with E-state index in [0.29, 0.717) is 42.7 Å². The van der Waals surface area contributed by atoms with Gasteiger partial charge in [-0.2, -0.15) is 0 Å². The van der Waals surface area contributed by atoms with Gasteiger partial charge < -0.3 is 38.8 Å². The van der Waals surface area contributed by atoms with Crippen LogP contribution in [0, 0.1) is 23.7 Å². The van der Waals surface area contributed by atoms with Gasteiger partial charge in [-0.25, -0.2) is 4.79 Å². The van der Waals surface area contributed by atoms with Crippen molar-refractivity contribution >= 4 is 34.7 Å². The van der Waals surface area contributed by atoms with Crippen molar-refractivity contribution in [2.75, 3.05) is 34.3 Å². The molecule has 4 saturated heterocycles.